The fourth-order valence-corrected chi connectivity index (χ4v) is 2.43. The highest BCUT2D eigenvalue weighted by Crippen LogP contribution is 2.25. The third kappa shape index (κ3) is 2.34. The van der Waals surface area contributed by atoms with Crippen LogP contribution in [0.3, 0.4) is 0 Å². The SMILES string of the molecule is Clc1cccc2ccc(C3CNCCCO3)nc12. The minimum absolute atomic E-state index is 0.0215. The van der Waals surface area contributed by atoms with Crippen molar-refractivity contribution in [1.29, 1.82) is 0 Å². The summed E-state index contributed by atoms with van der Waals surface area (Å²) in [6, 6.07) is 9.90. The second kappa shape index (κ2) is 5.22. The van der Waals surface area contributed by atoms with Gasteiger partial charge in [0, 0.05) is 18.5 Å². The molecule has 3 nitrogen and oxygen atoms in total. The van der Waals surface area contributed by atoms with Crippen molar-refractivity contribution in [3.05, 3.63) is 41.0 Å². The minimum Gasteiger partial charge on any atom is -0.371 e. The Labute approximate surface area is 111 Å². The molecule has 1 aromatic carbocycles. The standard InChI is InChI=1S/C14H15ClN2O/c15-11-4-1-3-10-5-6-12(17-14(10)11)13-9-16-7-2-8-18-13/h1,3-6,13,16H,2,7-9H2. The van der Waals surface area contributed by atoms with E-state index >= 15 is 0 Å². The Hall–Kier alpha value is -1.16. The molecule has 0 bridgehead atoms. The molecular weight excluding hydrogens is 248 g/mol. The number of rotatable bonds is 1. The number of halogens is 1. The molecule has 0 radical (unpaired) electrons. The highest BCUT2D eigenvalue weighted by atomic mass is 35.5. The molecule has 0 aliphatic carbocycles. The van der Waals surface area contributed by atoms with Crippen LogP contribution in [-0.2, 0) is 4.74 Å². The van der Waals surface area contributed by atoms with Crippen LogP contribution >= 0.6 is 11.6 Å². The first-order valence-electron chi connectivity index (χ1n) is 6.22. The van der Waals surface area contributed by atoms with Gasteiger partial charge in [-0.1, -0.05) is 29.8 Å². The van der Waals surface area contributed by atoms with Gasteiger partial charge in [0.1, 0.15) is 6.10 Å². The first-order valence-corrected chi connectivity index (χ1v) is 6.60. The van der Waals surface area contributed by atoms with Crippen molar-refractivity contribution in [2.24, 2.45) is 0 Å². The van der Waals surface area contributed by atoms with Gasteiger partial charge in [-0.3, -0.25) is 0 Å². The second-order valence-electron chi connectivity index (χ2n) is 4.46. The summed E-state index contributed by atoms with van der Waals surface area (Å²) < 4.78 is 5.81. The molecule has 0 saturated carbocycles. The van der Waals surface area contributed by atoms with Crippen molar-refractivity contribution < 1.29 is 4.74 Å². The molecule has 1 unspecified atom stereocenters. The summed E-state index contributed by atoms with van der Waals surface area (Å²) in [5.74, 6) is 0. The number of ether oxygens (including phenoxy) is 1. The van der Waals surface area contributed by atoms with Gasteiger partial charge in [0.15, 0.2) is 0 Å². The van der Waals surface area contributed by atoms with Gasteiger partial charge >= 0.3 is 0 Å². The summed E-state index contributed by atoms with van der Waals surface area (Å²) in [4.78, 5) is 4.64. The Balaban J connectivity index is 1.99. The van der Waals surface area contributed by atoms with E-state index in [0.717, 1.165) is 42.7 Å². The number of benzene rings is 1. The maximum atomic E-state index is 6.18. The fraction of sp³-hybridized carbons (Fsp3) is 0.357. The van der Waals surface area contributed by atoms with Gasteiger partial charge in [-0.15, -0.1) is 0 Å². The van der Waals surface area contributed by atoms with Crippen molar-refractivity contribution in [3.8, 4) is 0 Å². The molecule has 4 heteroatoms. The predicted octanol–water partition coefficient (Wildman–Crippen LogP) is 2.94. The highest BCUT2D eigenvalue weighted by molar-refractivity contribution is 6.35. The highest BCUT2D eigenvalue weighted by Gasteiger charge is 2.16. The number of fused-ring (bicyclic) bond motifs is 1. The summed E-state index contributed by atoms with van der Waals surface area (Å²) in [6.07, 6.45) is 1.07. The first kappa shape index (κ1) is 11.9. The van der Waals surface area contributed by atoms with Crippen molar-refractivity contribution in [2.75, 3.05) is 19.7 Å². The van der Waals surface area contributed by atoms with Gasteiger partial charge in [-0.2, -0.15) is 0 Å². The smallest absolute Gasteiger partial charge is 0.112 e. The van der Waals surface area contributed by atoms with E-state index in [1.54, 1.807) is 0 Å². The minimum atomic E-state index is 0.0215. The molecule has 94 valence electrons. The molecule has 0 spiro atoms. The van der Waals surface area contributed by atoms with Crippen LogP contribution in [0.15, 0.2) is 30.3 Å². The van der Waals surface area contributed by atoms with Gasteiger partial charge in [0.25, 0.3) is 0 Å². The largest absolute Gasteiger partial charge is 0.371 e. The van der Waals surface area contributed by atoms with Crippen LogP contribution in [0.2, 0.25) is 5.02 Å². The molecule has 1 fully saturated rings. The summed E-state index contributed by atoms with van der Waals surface area (Å²) in [6.45, 7) is 2.59. The van der Waals surface area contributed by atoms with Crippen LogP contribution in [0.25, 0.3) is 10.9 Å². The predicted molar refractivity (Wildman–Crippen MR) is 72.9 cm³/mol. The number of pyridine rings is 1. The van der Waals surface area contributed by atoms with E-state index in [1.165, 1.54) is 0 Å². The molecule has 1 aliphatic heterocycles. The van der Waals surface area contributed by atoms with E-state index in [2.05, 4.69) is 16.4 Å². The van der Waals surface area contributed by atoms with E-state index in [1.807, 2.05) is 24.3 Å². The number of aromatic nitrogens is 1. The maximum absolute atomic E-state index is 6.18. The van der Waals surface area contributed by atoms with Crippen molar-refractivity contribution >= 4 is 22.5 Å². The van der Waals surface area contributed by atoms with Gasteiger partial charge in [0.2, 0.25) is 0 Å². The molecule has 1 N–H and O–H groups in total. The average Bonchev–Trinajstić information content (AvgIpc) is 2.68. The first-order chi connectivity index (χ1) is 8.84. The average molecular weight is 263 g/mol. The van der Waals surface area contributed by atoms with Crippen LogP contribution in [0.5, 0.6) is 0 Å². The number of nitrogens with one attached hydrogen (secondary N) is 1. The molecule has 3 rings (SSSR count). The molecule has 1 saturated heterocycles. The lowest BCUT2D eigenvalue weighted by atomic mass is 10.1. The lowest BCUT2D eigenvalue weighted by Gasteiger charge is -2.15. The topological polar surface area (TPSA) is 34.1 Å². The quantitative estimate of drug-likeness (QED) is 0.858. The zero-order valence-corrected chi connectivity index (χ0v) is 10.8. The Morgan fingerprint density at radius 3 is 3.17 bits per heavy atom. The molecule has 2 heterocycles. The summed E-state index contributed by atoms with van der Waals surface area (Å²) in [5, 5.41) is 5.11. The van der Waals surface area contributed by atoms with E-state index in [4.69, 9.17) is 16.3 Å². The Bertz CT molecular complexity index is 550. The normalized spacial score (nSPS) is 20.8. The van der Waals surface area contributed by atoms with Gasteiger partial charge < -0.3 is 10.1 Å². The molecule has 2 aromatic rings. The van der Waals surface area contributed by atoms with Crippen LogP contribution < -0.4 is 5.32 Å². The third-order valence-corrected chi connectivity index (χ3v) is 3.47. The molecular formula is C14H15ClN2O. The zero-order valence-electron chi connectivity index (χ0n) is 10.0. The lowest BCUT2D eigenvalue weighted by Crippen LogP contribution is -2.20. The third-order valence-electron chi connectivity index (χ3n) is 3.17. The Morgan fingerprint density at radius 2 is 2.22 bits per heavy atom. The van der Waals surface area contributed by atoms with Crippen LogP contribution in [-0.4, -0.2) is 24.7 Å². The van der Waals surface area contributed by atoms with Crippen LogP contribution in [0, 0.1) is 0 Å². The van der Waals surface area contributed by atoms with Gasteiger partial charge in [0.05, 0.1) is 16.2 Å². The van der Waals surface area contributed by atoms with Crippen molar-refractivity contribution in [2.45, 2.75) is 12.5 Å². The molecule has 1 atom stereocenters. The van der Waals surface area contributed by atoms with Crippen molar-refractivity contribution in [3.63, 3.8) is 0 Å². The van der Waals surface area contributed by atoms with Crippen LogP contribution in [0.1, 0.15) is 18.2 Å². The lowest BCUT2D eigenvalue weighted by molar-refractivity contribution is 0.0641. The number of nitrogens with zero attached hydrogens (tertiary/aromatic N) is 1. The molecule has 1 aromatic heterocycles. The zero-order chi connectivity index (χ0) is 12.4. The van der Waals surface area contributed by atoms with Gasteiger partial charge in [-0.05, 0) is 25.1 Å². The van der Waals surface area contributed by atoms with E-state index in [-0.39, 0.29) is 6.10 Å². The number of para-hydroxylation sites is 1. The van der Waals surface area contributed by atoms with Gasteiger partial charge in [-0.25, -0.2) is 4.98 Å². The van der Waals surface area contributed by atoms with Crippen molar-refractivity contribution in [1.82, 2.24) is 10.3 Å². The fourth-order valence-electron chi connectivity index (χ4n) is 2.21. The molecule has 18 heavy (non-hydrogen) atoms. The van der Waals surface area contributed by atoms with Crippen LogP contribution in [0.4, 0.5) is 0 Å². The molecule has 0 amide bonds. The molecule has 1 aliphatic rings. The number of hydrogen-bond donors (Lipinski definition) is 1. The van der Waals surface area contributed by atoms with E-state index in [9.17, 15) is 0 Å². The Kier molecular flexibility index (Phi) is 3.46. The summed E-state index contributed by atoms with van der Waals surface area (Å²) in [7, 11) is 0. The Morgan fingerprint density at radius 1 is 1.28 bits per heavy atom. The van der Waals surface area contributed by atoms with E-state index < -0.39 is 0 Å². The van der Waals surface area contributed by atoms with E-state index in [0.29, 0.717) is 5.02 Å². The maximum Gasteiger partial charge on any atom is 0.112 e. The second-order valence-corrected chi connectivity index (χ2v) is 4.87. The summed E-state index contributed by atoms with van der Waals surface area (Å²) in [5.41, 5.74) is 1.80. The summed E-state index contributed by atoms with van der Waals surface area (Å²) >= 11 is 6.18. The monoisotopic (exact) mass is 262 g/mol. The number of hydrogen-bond acceptors (Lipinski definition) is 3.